The molecule has 0 spiro atoms. The summed E-state index contributed by atoms with van der Waals surface area (Å²) >= 11 is 1.85. The highest BCUT2D eigenvalue weighted by Gasteiger charge is 2.34. The molecule has 1 rings (SSSR count). The van der Waals surface area contributed by atoms with Crippen LogP contribution in [0.1, 0.15) is 47.0 Å². The van der Waals surface area contributed by atoms with Gasteiger partial charge in [-0.1, -0.05) is 0 Å². The molecule has 0 saturated carbocycles. The molecule has 1 fully saturated rings. The number of carbonyl (C=O) groups is 1. The Kier molecular flexibility index (Phi) is 6.65. The van der Waals surface area contributed by atoms with Crippen LogP contribution in [0.2, 0.25) is 0 Å². The van der Waals surface area contributed by atoms with Crippen LogP contribution in [-0.2, 0) is 9.47 Å². The van der Waals surface area contributed by atoms with Crippen molar-refractivity contribution in [3.05, 3.63) is 0 Å². The topological polar surface area (TPSA) is 38.8 Å². The molecule has 0 aliphatic carbocycles. The summed E-state index contributed by atoms with van der Waals surface area (Å²) in [4.78, 5) is 13.8. The first kappa shape index (κ1) is 17.6. The van der Waals surface area contributed by atoms with Gasteiger partial charge in [-0.25, -0.2) is 4.79 Å². The molecule has 1 aliphatic heterocycles. The van der Waals surface area contributed by atoms with E-state index >= 15 is 0 Å². The molecule has 20 heavy (non-hydrogen) atoms. The molecule has 0 radical (unpaired) electrons. The Morgan fingerprint density at radius 1 is 1.30 bits per heavy atom. The van der Waals surface area contributed by atoms with E-state index in [4.69, 9.17) is 9.47 Å². The van der Waals surface area contributed by atoms with E-state index in [1.165, 1.54) is 0 Å². The summed E-state index contributed by atoms with van der Waals surface area (Å²) in [6.45, 7) is 10.1. The third-order valence-electron chi connectivity index (χ3n) is 3.42. The number of rotatable bonds is 5. The number of thioether (sulfide) groups is 1. The summed E-state index contributed by atoms with van der Waals surface area (Å²) in [7, 11) is 0. The van der Waals surface area contributed by atoms with Crippen LogP contribution in [0.25, 0.3) is 0 Å². The van der Waals surface area contributed by atoms with E-state index in [1.807, 2.05) is 32.5 Å². The Morgan fingerprint density at radius 2 is 1.90 bits per heavy atom. The van der Waals surface area contributed by atoms with Crippen molar-refractivity contribution in [2.75, 3.05) is 31.7 Å². The van der Waals surface area contributed by atoms with E-state index in [9.17, 15) is 4.79 Å². The van der Waals surface area contributed by atoms with E-state index < -0.39 is 5.60 Å². The fourth-order valence-electron chi connectivity index (χ4n) is 2.15. The average molecular weight is 303 g/mol. The van der Waals surface area contributed by atoms with Gasteiger partial charge in [0.2, 0.25) is 0 Å². The number of piperidine rings is 1. The fraction of sp³-hybridized carbons (Fsp3) is 0.933. The first-order chi connectivity index (χ1) is 9.26. The monoisotopic (exact) mass is 303 g/mol. The molecule has 1 amide bonds. The van der Waals surface area contributed by atoms with Gasteiger partial charge in [0.25, 0.3) is 0 Å². The van der Waals surface area contributed by atoms with Crippen molar-refractivity contribution < 1.29 is 14.3 Å². The Hall–Kier alpha value is -0.420. The van der Waals surface area contributed by atoms with Crippen molar-refractivity contribution in [2.45, 2.75) is 58.2 Å². The predicted molar refractivity (Wildman–Crippen MR) is 84.4 cm³/mol. The smallest absolute Gasteiger partial charge is 0.410 e. The minimum absolute atomic E-state index is 0.0864. The van der Waals surface area contributed by atoms with Crippen LogP contribution in [0.3, 0.4) is 0 Å². The number of amides is 1. The molecule has 0 aromatic heterocycles. The quantitative estimate of drug-likeness (QED) is 0.728. The zero-order valence-electron chi connectivity index (χ0n) is 13.5. The second-order valence-electron chi connectivity index (χ2n) is 6.61. The van der Waals surface area contributed by atoms with Crippen molar-refractivity contribution in [1.29, 1.82) is 0 Å². The molecule has 118 valence electrons. The van der Waals surface area contributed by atoms with Gasteiger partial charge in [0.1, 0.15) is 5.60 Å². The van der Waals surface area contributed by atoms with Crippen LogP contribution < -0.4 is 0 Å². The lowest BCUT2D eigenvalue weighted by Crippen LogP contribution is -2.48. The molecule has 0 aromatic rings. The van der Waals surface area contributed by atoms with E-state index in [0.717, 1.165) is 31.6 Å². The molecule has 1 saturated heterocycles. The molecule has 5 heteroatoms. The second kappa shape index (κ2) is 7.55. The van der Waals surface area contributed by atoms with Gasteiger partial charge in [0, 0.05) is 19.7 Å². The summed E-state index contributed by atoms with van der Waals surface area (Å²) in [6, 6.07) is 0. The van der Waals surface area contributed by atoms with E-state index in [1.54, 1.807) is 4.90 Å². The SMILES string of the molecule is CSCCCOC1(C)CCN(C(=O)OC(C)(C)C)CC1. The van der Waals surface area contributed by atoms with Gasteiger partial charge >= 0.3 is 6.09 Å². The predicted octanol–water partition coefficient (Wildman–Crippen LogP) is 3.55. The number of carbonyl (C=O) groups excluding carboxylic acids is 1. The molecule has 0 unspecified atom stereocenters. The Balaban J connectivity index is 2.33. The number of likely N-dealkylation sites (tertiary alicyclic amines) is 1. The number of hydrogen-bond donors (Lipinski definition) is 0. The minimum atomic E-state index is -0.424. The zero-order valence-corrected chi connectivity index (χ0v) is 14.3. The first-order valence-corrected chi connectivity index (χ1v) is 8.76. The molecule has 0 atom stereocenters. The molecule has 4 nitrogen and oxygen atoms in total. The fourth-order valence-corrected chi connectivity index (χ4v) is 2.56. The van der Waals surface area contributed by atoms with Gasteiger partial charge in [0.05, 0.1) is 5.60 Å². The number of nitrogens with zero attached hydrogens (tertiary/aromatic N) is 1. The maximum Gasteiger partial charge on any atom is 0.410 e. The molecule has 1 aliphatic rings. The lowest BCUT2D eigenvalue weighted by atomic mass is 9.93. The molecule has 1 heterocycles. The first-order valence-electron chi connectivity index (χ1n) is 7.37. The molecule has 0 N–H and O–H groups in total. The third kappa shape index (κ3) is 6.35. The lowest BCUT2D eigenvalue weighted by Gasteiger charge is -2.39. The Bertz CT molecular complexity index is 307. The summed E-state index contributed by atoms with van der Waals surface area (Å²) in [5.74, 6) is 1.14. The van der Waals surface area contributed by atoms with Crippen molar-refractivity contribution in [2.24, 2.45) is 0 Å². The van der Waals surface area contributed by atoms with Crippen molar-refractivity contribution in [1.82, 2.24) is 4.90 Å². The van der Waals surface area contributed by atoms with Crippen LogP contribution in [0, 0.1) is 0 Å². The Labute approximate surface area is 127 Å². The number of hydrogen-bond acceptors (Lipinski definition) is 4. The van der Waals surface area contributed by atoms with Crippen LogP contribution in [0.4, 0.5) is 4.79 Å². The second-order valence-corrected chi connectivity index (χ2v) is 7.60. The summed E-state index contributed by atoms with van der Waals surface area (Å²) < 4.78 is 11.4. The summed E-state index contributed by atoms with van der Waals surface area (Å²) in [5.41, 5.74) is -0.511. The number of ether oxygens (including phenoxy) is 2. The van der Waals surface area contributed by atoms with Crippen LogP contribution in [0.15, 0.2) is 0 Å². The zero-order chi connectivity index (χ0) is 15.2. The normalized spacial score (nSPS) is 18.9. The van der Waals surface area contributed by atoms with Crippen molar-refractivity contribution >= 4 is 17.9 Å². The van der Waals surface area contributed by atoms with Crippen LogP contribution >= 0.6 is 11.8 Å². The standard InChI is InChI=1S/C15H29NO3S/c1-14(2,3)19-13(17)16-9-7-15(4,8-10-16)18-11-6-12-20-5/h6-12H2,1-5H3. The van der Waals surface area contributed by atoms with Gasteiger partial charge in [-0.2, -0.15) is 11.8 Å². The highest BCUT2D eigenvalue weighted by molar-refractivity contribution is 7.98. The highest BCUT2D eigenvalue weighted by atomic mass is 32.2. The van der Waals surface area contributed by atoms with E-state index in [0.29, 0.717) is 13.1 Å². The van der Waals surface area contributed by atoms with Crippen molar-refractivity contribution in [3.63, 3.8) is 0 Å². The lowest BCUT2D eigenvalue weighted by molar-refractivity contribution is -0.0719. The van der Waals surface area contributed by atoms with Crippen molar-refractivity contribution in [3.8, 4) is 0 Å². The highest BCUT2D eigenvalue weighted by Crippen LogP contribution is 2.27. The van der Waals surface area contributed by atoms with Gasteiger partial charge < -0.3 is 14.4 Å². The largest absolute Gasteiger partial charge is 0.444 e. The third-order valence-corrected chi connectivity index (χ3v) is 4.11. The molecular formula is C15H29NO3S. The van der Waals surface area contributed by atoms with Crippen LogP contribution in [0.5, 0.6) is 0 Å². The summed E-state index contributed by atoms with van der Waals surface area (Å²) in [5, 5.41) is 0. The molecular weight excluding hydrogens is 274 g/mol. The maximum atomic E-state index is 12.0. The van der Waals surface area contributed by atoms with E-state index in [2.05, 4.69) is 13.2 Å². The maximum absolute atomic E-state index is 12.0. The minimum Gasteiger partial charge on any atom is -0.444 e. The van der Waals surface area contributed by atoms with Crippen LogP contribution in [-0.4, -0.2) is 53.9 Å². The van der Waals surface area contributed by atoms with E-state index in [-0.39, 0.29) is 11.7 Å². The van der Waals surface area contributed by atoms with Gasteiger partial charge in [-0.05, 0) is 59.0 Å². The van der Waals surface area contributed by atoms with Gasteiger partial charge in [-0.15, -0.1) is 0 Å². The molecule has 0 bridgehead atoms. The Morgan fingerprint density at radius 3 is 2.40 bits per heavy atom. The summed E-state index contributed by atoms with van der Waals surface area (Å²) in [6.07, 6.45) is 4.76. The average Bonchev–Trinajstić information content (AvgIpc) is 2.33. The van der Waals surface area contributed by atoms with Gasteiger partial charge in [-0.3, -0.25) is 0 Å². The molecule has 0 aromatic carbocycles. The van der Waals surface area contributed by atoms with Gasteiger partial charge in [0.15, 0.2) is 0 Å².